The number of sulfone groups is 1. The summed E-state index contributed by atoms with van der Waals surface area (Å²) < 4.78 is 36.5. The molecule has 2 atom stereocenters. The van der Waals surface area contributed by atoms with Crippen molar-refractivity contribution in [2.75, 3.05) is 12.8 Å². The van der Waals surface area contributed by atoms with Gasteiger partial charge < -0.3 is 10.8 Å². The molecule has 0 amide bonds. The number of nitrogens with two attached hydrogens (primary N) is 1. The highest BCUT2D eigenvalue weighted by Crippen LogP contribution is 2.29. The molecule has 4 nitrogen and oxygen atoms in total. The zero-order chi connectivity index (χ0) is 16.3. The third kappa shape index (κ3) is 3.71. The lowest BCUT2D eigenvalue weighted by molar-refractivity contribution is 0.164. The summed E-state index contributed by atoms with van der Waals surface area (Å²) in [5.41, 5.74) is 6.85. The van der Waals surface area contributed by atoms with Crippen LogP contribution in [0.3, 0.4) is 0 Å². The number of halogens is 1. The van der Waals surface area contributed by atoms with Crippen molar-refractivity contribution < 1.29 is 17.9 Å². The predicted octanol–water partition coefficient (Wildman–Crippen LogP) is 1.68. The van der Waals surface area contributed by atoms with E-state index < -0.39 is 21.9 Å². The van der Waals surface area contributed by atoms with Crippen LogP contribution in [0.4, 0.5) is 4.39 Å². The van der Waals surface area contributed by atoms with Gasteiger partial charge in [0.25, 0.3) is 0 Å². The van der Waals surface area contributed by atoms with E-state index in [2.05, 4.69) is 0 Å². The highest BCUT2D eigenvalue weighted by molar-refractivity contribution is 7.90. The first-order valence-corrected chi connectivity index (χ1v) is 8.65. The van der Waals surface area contributed by atoms with Crippen LogP contribution in [0.15, 0.2) is 53.4 Å². The van der Waals surface area contributed by atoms with Gasteiger partial charge in [0.05, 0.1) is 11.0 Å². The maximum atomic E-state index is 13.1. The fraction of sp³-hybridized carbons (Fsp3) is 0.250. The molecule has 6 heteroatoms. The van der Waals surface area contributed by atoms with E-state index in [0.717, 1.165) is 6.26 Å². The van der Waals surface area contributed by atoms with Crippen molar-refractivity contribution in [3.8, 4) is 0 Å². The van der Waals surface area contributed by atoms with Crippen LogP contribution in [0, 0.1) is 5.82 Å². The Hall–Kier alpha value is -1.76. The average Bonchev–Trinajstić information content (AvgIpc) is 2.49. The van der Waals surface area contributed by atoms with Crippen molar-refractivity contribution in [1.29, 1.82) is 0 Å². The van der Waals surface area contributed by atoms with Gasteiger partial charge in [-0.15, -0.1) is 0 Å². The Kier molecular flexibility index (Phi) is 4.95. The van der Waals surface area contributed by atoms with Crippen molar-refractivity contribution in [3.05, 3.63) is 65.5 Å². The van der Waals surface area contributed by atoms with Crippen LogP contribution in [-0.4, -0.2) is 32.4 Å². The summed E-state index contributed by atoms with van der Waals surface area (Å²) >= 11 is 0. The molecule has 2 unspecified atom stereocenters. The van der Waals surface area contributed by atoms with E-state index in [9.17, 15) is 17.9 Å². The first-order valence-electron chi connectivity index (χ1n) is 6.76. The molecule has 0 aliphatic heterocycles. The van der Waals surface area contributed by atoms with E-state index >= 15 is 0 Å². The van der Waals surface area contributed by atoms with Crippen molar-refractivity contribution in [2.45, 2.75) is 16.9 Å². The topological polar surface area (TPSA) is 80.4 Å². The van der Waals surface area contributed by atoms with Crippen molar-refractivity contribution in [1.82, 2.24) is 0 Å². The first kappa shape index (κ1) is 16.6. The van der Waals surface area contributed by atoms with Gasteiger partial charge in [-0.05, 0) is 35.4 Å². The van der Waals surface area contributed by atoms with Crippen molar-refractivity contribution in [2.24, 2.45) is 5.73 Å². The van der Waals surface area contributed by atoms with Gasteiger partial charge in [0, 0.05) is 18.7 Å². The van der Waals surface area contributed by atoms with Gasteiger partial charge in [-0.25, -0.2) is 12.8 Å². The third-order valence-electron chi connectivity index (χ3n) is 3.50. The first-order chi connectivity index (χ1) is 10.3. The number of hydrogen-bond donors (Lipinski definition) is 2. The molecule has 3 N–H and O–H groups in total. The summed E-state index contributed by atoms with van der Waals surface area (Å²) in [4.78, 5) is 0.168. The standard InChI is InChI=1S/C16H18FNO3S/c1-22(20,21)14-4-2-3-12(9-14)16(15(19)10-18)11-5-7-13(17)8-6-11/h2-9,15-16,19H,10,18H2,1H3. The maximum Gasteiger partial charge on any atom is 0.175 e. The largest absolute Gasteiger partial charge is 0.391 e. The van der Waals surface area contributed by atoms with Crippen LogP contribution >= 0.6 is 0 Å². The molecule has 0 saturated heterocycles. The lowest BCUT2D eigenvalue weighted by atomic mass is 9.86. The summed E-state index contributed by atoms with van der Waals surface area (Å²) in [5, 5.41) is 10.2. The van der Waals surface area contributed by atoms with Gasteiger partial charge in [-0.2, -0.15) is 0 Å². The van der Waals surface area contributed by atoms with E-state index in [1.54, 1.807) is 24.3 Å². The molecular formula is C16H18FNO3S. The maximum absolute atomic E-state index is 13.1. The minimum atomic E-state index is -3.35. The molecule has 2 aromatic carbocycles. The highest BCUT2D eigenvalue weighted by atomic mass is 32.2. The monoisotopic (exact) mass is 323 g/mol. The predicted molar refractivity (Wildman–Crippen MR) is 82.9 cm³/mol. The van der Waals surface area contributed by atoms with Gasteiger partial charge in [-0.3, -0.25) is 0 Å². The van der Waals surface area contributed by atoms with Crippen molar-refractivity contribution in [3.63, 3.8) is 0 Å². The Morgan fingerprint density at radius 3 is 2.32 bits per heavy atom. The van der Waals surface area contributed by atoms with Crippen molar-refractivity contribution >= 4 is 9.84 Å². The van der Waals surface area contributed by atoms with Crippen LogP contribution in [0.2, 0.25) is 0 Å². The van der Waals surface area contributed by atoms with E-state index in [-0.39, 0.29) is 17.3 Å². The van der Waals surface area contributed by atoms with Gasteiger partial charge in [0.1, 0.15) is 5.82 Å². The number of hydrogen-bond acceptors (Lipinski definition) is 4. The molecule has 0 bridgehead atoms. The summed E-state index contributed by atoms with van der Waals surface area (Å²) in [6.07, 6.45) is 0.221. The zero-order valence-corrected chi connectivity index (χ0v) is 12.9. The molecule has 22 heavy (non-hydrogen) atoms. The average molecular weight is 323 g/mol. The molecule has 0 heterocycles. The van der Waals surface area contributed by atoms with E-state index in [1.165, 1.54) is 24.3 Å². The SMILES string of the molecule is CS(=O)(=O)c1cccc(C(c2ccc(F)cc2)C(O)CN)c1. The number of benzene rings is 2. The second kappa shape index (κ2) is 6.56. The summed E-state index contributed by atoms with van der Waals surface area (Å²) in [7, 11) is -3.35. The molecule has 2 rings (SSSR count). The van der Waals surface area contributed by atoms with Gasteiger partial charge >= 0.3 is 0 Å². The number of aliphatic hydroxyl groups is 1. The van der Waals surface area contributed by atoms with Gasteiger partial charge in [0.15, 0.2) is 9.84 Å². The molecule has 2 aromatic rings. The van der Waals surface area contributed by atoms with Crippen LogP contribution in [-0.2, 0) is 9.84 Å². The third-order valence-corrected chi connectivity index (χ3v) is 4.61. The molecule has 0 radical (unpaired) electrons. The Balaban J connectivity index is 2.53. The number of aliphatic hydroxyl groups excluding tert-OH is 1. The van der Waals surface area contributed by atoms with E-state index in [1.807, 2.05) is 0 Å². The molecule has 0 aliphatic carbocycles. The van der Waals surface area contributed by atoms with E-state index in [0.29, 0.717) is 11.1 Å². The zero-order valence-electron chi connectivity index (χ0n) is 12.1. The van der Waals surface area contributed by atoms with Crippen LogP contribution in [0.1, 0.15) is 17.0 Å². The second-order valence-electron chi connectivity index (χ2n) is 5.18. The quantitative estimate of drug-likeness (QED) is 0.877. The number of rotatable bonds is 5. The summed E-state index contributed by atoms with van der Waals surface area (Å²) in [6, 6.07) is 12.1. The highest BCUT2D eigenvalue weighted by Gasteiger charge is 2.23. The molecule has 118 valence electrons. The molecule has 0 fully saturated rings. The Morgan fingerprint density at radius 1 is 1.14 bits per heavy atom. The molecule has 0 spiro atoms. The van der Waals surface area contributed by atoms with Crippen LogP contribution in [0.5, 0.6) is 0 Å². The lowest BCUT2D eigenvalue weighted by Gasteiger charge is -2.23. The minimum Gasteiger partial charge on any atom is -0.391 e. The fourth-order valence-corrected chi connectivity index (χ4v) is 3.06. The molecule has 0 saturated carbocycles. The van der Waals surface area contributed by atoms with Gasteiger partial charge in [0.2, 0.25) is 0 Å². The second-order valence-corrected chi connectivity index (χ2v) is 7.19. The van der Waals surface area contributed by atoms with Gasteiger partial charge in [-0.1, -0.05) is 24.3 Å². The lowest BCUT2D eigenvalue weighted by Crippen LogP contribution is -2.28. The normalized spacial score (nSPS) is 14.5. The smallest absolute Gasteiger partial charge is 0.175 e. The van der Waals surface area contributed by atoms with E-state index in [4.69, 9.17) is 5.73 Å². The van der Waals surface area contributed by atoms with Crippen LogP contribution in [0.25, 0.3) is 0 Å². The molecule has 0 aromatic heterocycles. The van der Waals surface area contributed by atoms with Crippen LogP contribution < -0.4 is 5.73 Å². The fourth-order valence-electron chi connectivity index (χ4n) is 2.38. The minimum absolute atomic E-state index is 0.00510. The molecular weight excluding hydrogens is 305 g/mol. The Bertz CT molecular complexity index is 744. The summed E-state index contributed by atoms with van der Waals surface area (Å²) in [6.45, 7) is 0.00510. The Morgan fingerprint density at radius 2 is 1.77 bits per heavy atom. The summed E-state index contributed by atoms with van der Waals surface area (Å²) in [5.74, 6) is -0.901. The molecule has 0 aliphatic rings. The Labute approximate surface area is 129 Å².